The molecule has 0 amide bonds. The highest BCUT2D eigenvalue weighted by molar-refractivity contribution is 5.73. The third kappa shape index (κ3) is 2.18. The Balaban J connectivity index is 2.48. The summed E-state index contributed by atoms with van der Waals surface area (Å²) in [6, 6.07) is 10.2. The van der Waals surface area contributed by atoms with Gasteiger partial charge in [-0.05, 0) is 35.4 Å². The van der Waals surface area contributed by atoms with Crippen LogP contribution in [0.3, 0.4) is 0 Å². The molecule has 2 rings (SSSR count). The maximum Gasteiger partial charge on any atom is 0.156 e. The lowest BCUT2D eigenvalue weighted by Crippen LogP contribution is -1.94. The molecule has 4 heteroatoms. The van der Waals surface area contributed by atoms with E-state index in [1.54, 1.807) is 36.4 Å². The summed E-state index contributed by atoms with van der Waals surface area (Å²) >= 11 is 0. The van der Waals surface area contributed by atoms with Gasteiger partial charge in [0.1, 0.15) is 11.5 Å². The Morgan fingerprint density at radius 1 is 0.833 bits per heavy atom. The van der Waals surface area contributed by atoms with Gasteiger partial charge in [-0.3, -0.25) is 0 Å². The van der Waals surface area contributed by atoms with E-state index in [4.69, 9.17) is 15.1 Å². The zero-order valence-corrected chi connectivity index (χ0v) is 10.2. The molecule has 0 fully saturated rings. The third-order valence-electron chi connectivity index (χ3n) is 2.69. The van der Waals surface area contributed by atoms with Crippen LogP contribution in [0, 0.1) is 0 Å². The molecule has 0 bridgehead atoms. The molecule has 4 N–H and O–H groups in total. The normalized spacial score (nSPS) is 12.8. The van der Waals surface area contributed by atoms with E-state index in [2.05, 4.69) is 0 Å². The van der Waals surface area contributed by atoms with E-state index in [-0.39, 0.29) is 0 Å². The molecule has 2 aromatic carbocycles. The predicted molar refractivity (Wildman–Crippen MR) is 73.8 cm³/mol. The Hall–Kier alpha value is -2.36. The number of rotatable bonds is 5. The molecule has 0 aliphatic carbocycles. The van der Waals surface area contributed by atoms with Crippen molar-refractivity contribution in [2.45, 2.75) is 0 Å². The first kappa shape index (κ1) is 7.87. The Morgan fingerprint density at radius 3 is 1.61 bits per heavy atom. The predicted octanol–water partition coefficient (Wildman–Crippen LogP) is 2.54. The number of hydrogen-bond donors (Lipinski definition) is 2. The van der Waals surface area contributed by atoms with Gasteiger partial charge in [0.25, 0.3) is 0 Å². The van der Waals surface area contributed by atoms with Crippen molar-refractivity contribution in [1.29, 1.82) is 0 Å². The maximum atomic E-state index is 7.33. The summed E-state index contributed by atoms with van der Waals surface area (Å²) < 4.78 is 39.7. The lowest BCUT2D eigenvalue weighted by molar-refractivity contribution is 0.416. The van der Waals surface area contributed by atoms with Crippen molar-refractivity contribution >= 4 is 11.4 Å². The van der Waals surface area contributed by atoms with E-state index >= 15 is 0 Å². The molecule has 0 saturated heterocycles. The van der Waals surface area contributed by atoms with E-state index < -0.39 is 0 Å². The average Bonchev–Trinajstić information content (AvgIpc) is 2.53. The highest BCUT2D eigenvalue weighted by Gasteiger charge is 2.06. The molecule has 0 saturated carbocycles. The van der Waals surface area contributed by atoms with Crippen LogP contribution in [0.4, 0.5) is 11.4 Å². The van der Waals surface area contributed by atoms with Crippen LogP contribution in [0.2, 0.25) is 5.65 Å². The van der Waals surface area contributed by atoms with Crippen LogP contribution in [-0.2, 0) is 0 Å². The van der Waals surface area contributed by atoms with Crippen molar-refractivity contribution < 1.29 is 15.1 Å². The standard InChI is InChI=1S/C14H16N2O2/c1-17-13-7-9(3-5-11(13)15)10-4-6-12(16)14(8-10)18-2/h3-8H,15-16H2,1-2H3/i/hD4. The largest absolute Gasteiger partial charge is 0.495 e. The summed E-state index contributed by atoms with van der Waals surface area (Å²) in [5, 5.41) is 0. The van der Waals surface area contributed by atoms with Crippen molar-refractivity contribution in [2.24, 2.45) is 0 Å². The van der Waals surface area contributed by atoms with Gasteiger partial charge in [-0.1, -0.05) is 12.1 Å². The molecule has 0 unspecified atom stereocenters. The quantitative estimate of drug-likeness (QED) is 0.798. The number of nitrogens with two attached hydrogens (primary N) is 2. The maximum absolute atomic E-state index is 7.33. The lowest BCUT2D eigenvalue weighted by atomic mass is 10.0. The Morgan fingerprint density at radius 2 is 1.28 bits per heavy atom. The second-order valence-corrected chi connectivity index (χ2v) is 3.77. The van der Waals surface area contributed by atoms with Gasteiger partial charge in [0.2, 0.25) is 0 Å². The number of benzene rings is 2. The number of hydrogen-bond acceptors (Lipinski definition) is 4. The van der Waals surface area contributed by atoms with Crippen LogP contribution in [-0.4, -0.2) is 14.2 Å². The van der Waals surface area contributed by atoms with Gasteiger partial charge in [-0.25, -0.2) is 0 Å². The van der Waals surface area contributed by atoms with Crippen molar-refractivity contribution in [3.05, 3.63) is 36.4 Å². The summed E-state index contributed by atoms with van der Waals surface area (Å²) in [7, 11) is 2.96. The molecule has 18 heavy (non-hydrogen) atoms. The fourth-order valence-corrected chi connectivity index (χ4v) is 1.71. The first-order valence-corrected chi connectivity index (χ1v) is 5.40. The van der Waals surface area contributed by atoms with Crippen LogP contribution in [0.5, 0.6) is 11.5 Å². The van der Waals surface area contributed by atoms with Gasteiger partial charge in [-0.2, -0.15) is 0 Å². The molecule has 0 aliphatic heterocycles. The van der Waals surface area contributed by atoms with E-state index in [0.29, 0.717) is 34.3 Å². The van der Waals surface area contributed by atoms with Crippen LogP contribution >= 0.6 is 0 Å². The molecule has 0 spiro atoms. The molecule has 94 valence electrons. The summed E-state index contributed by atoms with van der Waals surface area (Å²) in [4.78, 5) is 0. The van der Waals surface area contributed by atoms with Crippen molar-refractivity contribution in [3.8, 4) is 22.6 Å². The molecule has 0 aromatic heterocycles. The zero-order chi connectivity index (χ0) is 16.3. The van der Waals surface area contributed by atoms with Crippen LogP contribution in [0.1, 0.15) is 0 Å². The van der Waals surface area contributed by atoms with Gasteiger partial charge in [0.15, 0.2) is 5.65 Å². The molecular formula is C14H16N2O2. The fourth-order valence-electron chi connectivity index (χ4n) is 1.71. The van der Waals surface area contributed by atoms with E-state index in [1.165, 1.54) is 14.2 Å². The lowest BCUT2D eigenvalue weighted by Gasteiger charge is -2.10. The molecule has 0 aliphatic rings. The number of methoxy groups -OCH3 is 2. The zero-order valence-electron chi connectivity index (χ0n) is 14.2. The van der Waals surface area contributed by atoms with Gasteiger partial charge < -0.3 is 20.9 Å². The molecule has 0 heterocycles. The summed E-state index contributed by atoms with van der Waals surface area (Å²) in [5.74, 6) is 0.821. The molecule has 2 aromatic rings. The third-order valence-corrected chi connectivity index (χ3v) is 2.69. The van der Waals surface area contributed by atoms with E-state index in [0.717, 1.165) is 11.1 Å². The van der Waals surface area contributed by atoms with Crippen molar-refractivity contribution in [3.63, 3.8) is 0 Å². The first-order valence-electron chi connectivity index (χ1n) is 7.19. The number of ether oxygens (including phenoxy) is 2. The van der Waals surface area contributed by atoms with Gasteiger partial charge in [0.05, 0.1) is 25.6 Å². The highest BCUT2D eigenvalue weighted by atomic mass is 16.5. The Labute approximate surface area is 112 Å². The van der Waals surface area contributed by atoms with E-state index in [1.807, 2.05) is 0 Å². The van der Waals surface area contributed by atoms with Crippen LogP contribution in [0.25, 0.3) is 11.1 Å². The Bertz CT molecular complexity index is 608. The first-order chi connectivity index (χ1) is 10.5. The minimum Gasteiger partial charge on any atom is -0.495 e. The molecule has 0 atom stereocenters. The van der Waals surface area contributed by atoms with Crippen LogP contribution in [0.15, 0.2) is 36.4 Å². The number of nitrogen functional groups attached to an aromatic ring is 2. The second-order valence-electron chi connectivity index (χ2n) is 3.77. The molecular weight excluding hydrogens is 228 g/mol. The summed E-state index contributed by atoms with van der Waals surface area (Å²) in [5.41, 5.74) is 3.27. The highest BCUT2D eigenvalue weighted by Crippen LogP contribution is 2.32. The number of anilines is 2. The van der Waals surface area contributed by atoms with Gasteiger partial charge >= 0.3 is 0 Å². The van der Waals surface area contributed by atoms with Gasteiger partial charge in [-0.15, -0.1) is 0 Å². The fraction of sp³-hybridized carbons (Fsp3) is 0.143. The molecule has 4 nitrogen and oxygen atoms in total. The molecule has 0 radical (unpaired) electrons. The van der Waals surface area contributed by atoms with Crippen molar-refractivity contribution in [1.82, 2.24) is 0 Å². The van der Waals surface area contributed by atoms with Crippen LogP contribution < -0.4 is 20.9 Å². The topological polar surface area (TPSA) is 70.5 Å². The summed E-state index contributed by atoms with van der Waals surface area (Å²) in [6.45, 7) is 0. The summed E-state index contributed by atoms with van der Waals surface area (Å²) in [6.07, 6.45) is 0. The Kier molecular flexibility index (Phi) is 2.13. The van der Waals surface area contributed by atoms with E-state index in [9.17, 15) is 0 Å². The minimum atomic E-state index is 0.332. The monoisotopic (exact) mass is 248 g/mol. The van der Waals surface area contributed by atoms with Crippen molar-refractivity contribution in [2.75, 3.05) is 25.7 Å². The second kappa shape index (κ2) is 4.87. The van der Waals surface area contributed by atoms with Gasteiger partial charge in [0, 0.05) is 0 Å². The smallest absolute Gasteiger partial charge is 0.156 e. The minimum absolute atomic E-state index is 0.332. The average molecular weight is 248 g/mol. The SMILES string of the molecule is [2H]N([2H])c1ccc(-c2ccc(N([2H])[2H])c(OC)c2)cc1OC.